The zero-order valence-electron chi connectivity index (χ0n) is 22.3. The molecule has 0 amide bonds. The van der Waals surface area contributed by atoms with Gasteiger partial charge in [-0.25, -0.2) is 0 Å². The Morgan fingerprint density at radius 2 is 1.36 bits per heavy atom. The summed E-state index contributed by atoms with van der Waals surface area (Å²) >= 11 is 0. The SMILES string of the molecule is C=Cc1cc(CCNC(=C)c2ccc(C(=C)NCCc3ccc(CC)c(CC)c3)nc2)ccc1CC. The van der Waals surface area contributed by atoms with E-state index in [0.717, 1.165) is 67.8 Å². The van der Waals surface area contributed by atoms with Gasteiger partial charge in [-0.05, 0) is 77.6 Å². The van der Waals surface area contributed by atoms with Crippen LogP contribution < -0.4 is 10.6 Å². The quantitative estimate of drug-likeness (QED) is 0.261. The van der Waals surface area contributed by atoms with E-state index in [1.807, 2.05) is 24.4 Å². The van der Waals surface area contributed by atoms with Crippen molar-refractivity contribution in [1.29, 1.82) is 0 Å². The standard InChI is InChI=1S/C33H41N3/c1-7-28-13-11-26(21-30(28)9-3)17-19-34-24(5)32-15-16-33(36-23-32)25(6)35-20-18-27-12-14-29(8-2)31(10-4)22-27/h9,11-16,21-23,34-35H,3,5-8,10,17-20H2,1-2,4H3. The highest BCUT2D eigenvalue weighted by molar-refractivity contribution is 5.64. The van der Waals surface area contributed by atoms with Crippen molar-refractivity contribution < 1.29 is 0 Å². The monoisotopic (exact) mass is 479 g/mol. The van der Waals surface area contributed by atoms with Crippen molar-refractivity contribution in [3.8, 4) is 0 Å². The third-order valence-electron chi connectivity index (χ3n) is 6.77. The molecule has 2 aromatic carbocycles. The molecule has 188 valence electrons. The van der Waals surface area contributed by atoms with E-state index in [4.69, 9.17) is 0 Å². The predicted molar refractivity (Wildman–Crippen MR) is 157 cm³/mol. The molecule has 1 aromatic heterocycles. The zero-order chi connectivity index (χ0) is 25.9. The summed E-state index contributed by atoms with van der Waals surface area (Å²) in [5, 5.41) is 6.86. The van der Waals surface area contributed by atoms with E-state index in [9.17, 15) is 0 Å². The van der Waals surface area contributed by atoms with E-state index in [0.29, 0.717) is 0 Å². The van der Waals surface area contributed by atoms with Gasteiger partial charge in [-0.1, -0.05) is 83.0 Å². The van der Waals surface area contributed by atoms with E-state index < -0.39 is 0 Å². The number of aromatic nitrogens is 1. The Bertz CT molecular complexity index is 1190. The maximum absolute atomic E-state index is 4.61. The molecule has 0 spiro atoms. The zero-order valence-corrected chi connectivity index (χ0v) is 22.3. The van der Waals surface area contributed by atoms with E-state index in [1.165, 1.54) is 33.4 Å². The number of hydrogen-bond acceptors (Lipinski definition) is 3. The molecule has 0 radical (unpaired) electrons. The van der Waals surface area contributed by atoms with Crippen LogP contribution in [0.5, 0.6) is 0 Å². The number of nitrogens with zero attached hydrogens (tertiary/aromatic N) is 1. The van der Waals surface area contributed by atoms with Gasteiger partial charge in [0.25, 0.3) is 0 Å². The fourth-order valence-corrected chi connectivity index (χ4v) is 4.48. The minimum absolute atomic E-state index is 0.815. The van der Waals surface area contributed by atoms with Crippen LogP contribution in [0.3, 0.4) is 0 Å². The lowest BCUT2D eigenvalue weighted by molar-refractivity contribution is 0.840. The average molecular weight is 480 g/mol. The van der Waals surface area contributed by atoms with Crippen LogP contribution in [-0.4, -0.2) is 18.1 Å². The molecule has 0 unspecified atom stereocenters. The number of aryl methyl sites for hydroxylation is 3. The van der Waals surface area contributed by atoms with Crippen molar-refractivity contribution in [2.45, 2.75) is 52.9 Å². The molecule has 0 aliphatic heterocycles. The third-order valence-corrected chi connectivity index (χ3v) is 6.77. The highest BCUT2D eigenvalue weighted by Gasteiger charge is 2.06. The summed E-state index contributed by atoms with van der Waals surface area (Å²) in [4.78, 5) is 4.61. The summed E-state index contributed by atoms with van der Waals surface area (Å²) in [7, 11) is 0. The van der Waals surface area contributed by atoms with Crippen LogP contribution in [0.1, 0.15) is 65.4 Å². The highest BCUT2D eigenvalue weighted by Crippen LogP contribution is 2.17. The molecule has 1 heterocycles. The van der Waals surface area contributed by atoms with E-state index in [2.05, 4.69) is 92.5 Å². The van der Waals surface area contributed by atoms with Gasteiger partial charge in [-0.2, -0.15) is 0 Å². The van der Waals surface area contributed by atoms with Gasteiger partial charge in [0.15, 0.2) is 0 Å². The number of pyridine rings is 1. The summed E-state index contributed by atoms with van der Waals surface area (Å²) < 4.78 is 0. The second kappa shape index (κ2) is 13.5. The summed E-state index contributed by atoms with van der Waals surface area (Å²) in [5.74, 6) is 0. The van der Waals surface area contributed by atoms with Crippen molar-refractivity contribution in [1.82, 2.24) is 15.6 Å². The van der Waals surface area contributed by atoms with Gasteiger partial charge < -0.3 is 10.6 Å². The molecular formula is C33H41N3. The Hall–Kier alpha value is -3.59. The first-order valence-corrected chi connectivity index (χ1v) is 13.2. The maximum atomic E-state index is 4.61. The number of rotatable bonds is 14. The molecule has 3 nitrogen and oxygen atoms in total. The first kappa shape index (κ1) is 27.0. The fraction of sp³-hybridized carbons (Fsp3) is 0.303. The molecule has 3 rings (SSSR count). The van der Waals surface area contributed by atoms with Gasteiger partial charge in [-0.3, -0.25) is 4.98 Å². The highest BCUT2D eigenvalue weighted by atomic mass is 14.9. The molecule has 0 aliphatic carbocycles. The second-order valence-electron chi connectivity index (χ2n) is 9.14. The molecule has 0 aliphatic rings. The molecule has 3 heteroatoms. The number of benzene rings is 2. The molecule has 3 aromatic rings. The molecule has 0 atom stereocenters. The summed E-state index contributed by atoms with van der Waals surface area (Å²) in [6.45, 7) is 20.6. The first-order valence-electron chi connectivity index (χ1n) is 13.2. The Balaban J connectivity index is 1.46. The third kappa shape index (κ3) is 7.21. The summed E-state index contributed by atoms with van der Waals surface area (Å²) in [5.41, 5.74) is 11.7. The Kier molecular flexibility index (Phi) is 10.1. The number of hydrogen-bond donors (Lipinski definition) is 2. The van der Waals surface area contributed by atoms with Gasteiger partial charge in [0.05, 0.1) is 11.4 Å². The van der Waals surface area contributed by atoms with E-state index >= 15 is 0 Å². The van der Waals surface area contributed by atoms with Crippen LogP contribution >= 0.6 is 0 Å². The molecule has 0 fully saturated rings. The van der Waals surface area contributed by atoms with Crippen molar-refractivity contribution in [3.63, 3.8) is 0 Å². The summed E-state index contributed by atoms with van der Waals surface area (Å²) in [6.07, 6.45) is 8.88. The van der Waals surface area contributed by atoms with E-state index in [1.54, 1.807) is 0 Å². The molecule has 0 bridgehead atoms. The maximum Gasteiger partial charge on any atom is 0.0855 e. The topological polar surface area (TPSA) is 37.0 Å². The van der Waals surface area contributed by atoms with E-state index in [-0.39, 0.29) is 0 Å². The molecule has 0 saturated heterocycles. The van der Waals surface area contributed by atoms with Crippen LogP contribution in [0.15, 0.2) is 74.5 Å². The largest absolute Gasteiger partial charge is 0.385 e. The number of nitrogens with one attached hydrogen (secondary N) is 2. The second-order valence-corrected chi connectivity index (χ2v) is 9.14. The molecule has 2 N–H and O–H groups in total. The van der Waals surface area contributed by atoms with Crippen molar-refractivity contribution in [3.05, 3.63) is 119 Å². The first-order chi connectivity index (χ1) is 17.5. The lowest BCUT2D eigenvalue weighted by atomic mass is 9.99. The van der Waals surface area contributed by atoms with Gasteiger partial charge in [0.1, 0.15) is 0 Å². The lowest BCUT2D eigenvalue weighted by Gasteiger charge is -2.13. The Morgan fingerprint density at radius 3 is 1.94 bits per heavy atom. The smallest absolute Gasteiger partial charge is 0.0855 e. The van der Waals surface area contributed by atoms with Crippen LogP contribution in [0, 0.1) is 0 Å². The normalized spacial score (nSPS) is 10.6. The van der Waals surface area contributed by atoms with Gasteiger partial charge >= 0.3 is 0 Å². The van der Waals surface area contributed by atoms with Gasteiger partial charge in [0, 0.05) is 30.5 Å². The van der Waals surface area contributed by atoms with Crippen molar-refractivity contribution in [2.24, 2.45) is 0 Å². The Labute approximate surface area is 218 Å². The van der Waals surface area contributed by atoms with Crippen LogP contribution in [-0.2, 0) is 32.1 Å². The molecule has 36 heavy (non-hydrogen) atoms. The van der Waals surface area contributed by atoms with Crippen LogP contribution in [0.25, 0.3) is 17.5 Å². The summed E-state index contributed by atoms with van der Waals surface area (Å²) in [6, 6.07) is 17.5. The minimum Gasteiger partial charge on any atom is -0.385 e. The predicted octanol–water partition coefficient (Wildman–Crippen LogP) is 7.02. The molecular weight excluding hydrogens is 438 g/mol. The fourth-order valence-electron chi connectivity index (χ4n) is 4.48. The minimum atomic E-state index is 0.815. The van der Waals surface area contributed by atoms with Gasteiger partial charge in [-0.15, -0.1) is 0 Å². The average Bonchev–Trinajstić information content (AvgIpc) is 2.92. The van der Waals surface area contributed by atoms with Crippen LogP contribution in [0.4, 0.5) is 0 Å². The van der Waals surface area contributed by atoms with Crippen molar-refractivity contribution in [2.75, 3.05) is 13.1 Å². The van der Waals surface area contributed by atoms with Crippen molar-refractivity contribution >= 4 is 17.5 Å². The van der Waals surface area contributed by atoms with Gasteiger partial charge in [0.2, 0.25) is 0 Å². The lowest BCUT2D eigenvalue weighted by Crippen LogP contribution is -2.17. The molecule has 0 saturated carbocycles. The van der Waals surface area contributed by atoms with Crippen LogP contribution in [0.2, 0.25) is 0 Å². The Morgan fingerprint density at radius 1 is 0.750 bits per heavy atom.